The van der Waals surface area contributed by atoms with Gasteiger partial charge in [0.2, 0.25) is 0 Å². The van der Waals surface area contributed by atoms with E-state index < -0.39 is 0 Å². The van der Waals surface area contributed by atoms with Crippen LogP contribution >= 0.6 is 0 Å². The minimum atomic E-state index is -0.00245. The molecule has 3 nitrogen and oxygen atoms in total. The van der Waals surface area contributed by atoms with Gasteiger partial charge in [-0.25, -0.2) is 0 Å². The molecule has 0 spiro atoms. The van der Waals surface area contributed by atoms with Gasteiger partial charge >= 0.3 is 0 Å². The SMILES string of the molecule is O=C1CC(=O)CC(c2cccc3cccnc23)C1. The molecule has 0 aliphatic heterocycles. The van der Waals surface area contributed by atoms with Crippen LogP contribution in [0.2, 0.25) is 0 Å². The molecule has 90 valence electrons. The van der Waals surface area contributed by atoms with Crippen molar-refractivity contribution < 1.29 is 9.59 Å². The average Bonchev–Trinajstić information content (AvgIpc) is 2.37. The number of nitrogens with zero attached hydrogens (tertiary/aromatic N) is 1. The van der Waals surface area contributed by atoms with Gasteiger partial charge in [0, 0.05) is 24.4 Å². The number of pyridine rings is 1. The van der Waals surface area contributed by atoms with Gasteiger partial charge < -0.3 is 0 Å². The predicted octanol–water partition coefficient (Wildman–Crippen LogP) is 2.64. The molecule has 3 heteroatoms. The maximum atomic E-state index is 11.6. The summed E-state index contributed by atoms with van der Waals surface area (Å²) in [5.74, 6) is 0.0886. The number of rotatable bonds is 1. The smallest absolute Gasteiger partial charge is 0.140 e. The van der Waals surface area contributed by atoms with Gasteiger partial charge in [-0.3, -0.25) is 14.6 Å². The highest BCUT2D eigenvalue weighted by atomic mass is 16.1. The molecule has 0 amide bonds. The van der Waals surface area contributed by atoms with E-state index in [9.17, 15) is 9.59 Å². The van der Waals surface area contributed by atoms with E-state index in [1.165, 1.54) is 0 Å². The van der Waals surface area contributed by atoms with Crippen LogP contribution < -0.4 is 0 Å². The number of benzene rings is 1. The quantitative estimate of drug-likeness (QED) is 0.719. The van der Waals surface area contributed by atoms with E-state index in [1.807, 2.05) is 30.3 Å². The molecule has 0 radical (unpaired) electrons. The fraction of sp³-hybridized carbons (Fsp3) is 0.267. The van der Waals surface area contributed by atoms with Gasteiger partial charge in [0.1, 0.15) is 11.6 Å². The van der Waals surface area contributed by atoms with E-state index in [0.29, 0.717) is 12.8 Å². The minimum absolute atomic E-state index is 0.00245. The predicted molar refractivity (Wildman–Crippen MR) is 68.3 cm³/mol. The molecule has 18 heavy (non-hydrogen) atoms. The molecule has 1 aromatic carbocycles. The largest absolute Gasteiger partial charge is 0.299 e. The Balaban J connectivity index is 2.08. The zero-order valence-corrected chi connectivity index (χ0v) is 9.93. The molecule has 3 rings (SSSR count). The third-order valence-corrected chi connectivity index (χ3v) is 3.45. The maximum absolute atomic E-state index is 11.6. The lowest BCUT2D eigenvalue weighted by Crippen LogP contribution is -2.21. The van der Waals surface area contributed by atoms with Crippen molar-refractivity contribution in [1.29, 1.82) is 0 Å². The van der Waals surface area contributed by atoms with Crippen molar-refractivity contribution >= 4 is 22.5 Å². The summed E-state index contributed by atoms with van der Waals surface area (Å²) in [5, 5.41) is 1.06. The molecule has 0 unspecified atom stereocenters. The Kier molecular flexibility index (Phi) is 2.67. The first-order valence-electron chi connectivity index (χ1n) is 6.11. The summed E-state index contributed by atoms with van der Waals surface area (Å²) >= 11 is 0. The van der Waals surface area contributed by atoms with Gasteiger partial charge in [-0.2, -0.15) is 0 Å². The van der Waals surface area contributed by atoms with Crippen molar-refractivity contribution in [2.24, 2.45) is 0 Å². The van der Waals surface area contributed by atoms with Gasteiger partial charge in [-0.1, -0.05) is 24.3 Å². The fourth-order valence-corrected chi connectivity index (χ4v) is 2.66. The number of carbonyl (C=O) groups is 2. The minimum Gasteiger partial charge on any atom is -0.299 e. The van der Waals surface area contributed by atoms with Crippen LogP contribution in [0.3, 0.4) is 0 Å². The van der Waals surface area contributed by atoms with Crippen LogP contribution in [-0.2, 0) is 9.59 Å². The summed E-state index contributed by atoms with van der Waals surface area (Å²) < 4.78 is 0. The molecule has 1 aromatic heterocycles. The maximum Gasteiger partial charge on any atom is 0.140 e. The van der Waals surface area contributed by atoms with Crippen molar-refractivity contribution in [3.63, 3.8) is 0 Å². The molecule has 1 fully saturated rings. The van der Waals surface area contributed by atoms with Gasteiger partial charge in [0.05, 0.1) is 11.9 Å². The number of fused-ring (bicyclic) bond motifs is 1. The number of aromatic nitrogens is 1. The number of carbonyl (C=O) groups excluding carboxylic acids is 2. The molecule has 0 atom stereocenters. The van der Waals surface area contributed by atoms with E-state index in [4.69, 9.17) is 0 Å². The number of hydrogen-bond acceptors (Lipinski definition) is 3. The summed E-state index contributed by atoms with van der Waals surface area (Å²) in [6.45, 7) is 0. The van der Waals surface area contributed by atoms with Crippen LogP contribution in [0.15, 0.2) is 36.5 Å². The average molecular weight is 239 g/mol. The molecule has 0 bridgehead atoms. The standard InChI is InChI=1S/C15H13NO2/c17-12-7-11(8-13(18)9-12)14-5-1-3-10-4-2-6-16-15(10)14/h1-6,11H,7-9H2. The first kappa shape index (κ1) is 11.1. The second-order valence-electron chi connectivity index (χ2n) is 4.78. The Hall–Kier alpha value is -2.03. The number of ketones is 2. The molecular weight excluding hydrogens is 226 g/mol. The zero-order valence-electron chi connectivity index (χ0n) is 9.93. The fourth-order valence-electron chi connectivity index (χ4n) is 2.66. The van der Waals surface area contributed by atoms with Crippen LogP contribution in [0.25, 0.3) is 10.9 Å². The van der Waals surface area contributed by atoms with Gasteiger partial charge in [0.25, 0.3) is 0 Å². The summed E-state index contributed by atoms with van der Waals surface area (Å²) in [6, 6.07) is 9.83. The summed E-state index contributed by atoms with van der Waals surface area (Å²) in [7, 11) is 0. The van der Waals surface area contributed by atoms with Gasteiger partial charge in [-0.15, -0.1) is 0 Å². The van der Waals surface area contributed by atoms with E-state index in [1.54, 1.807) is 6.20 Å². The van der Waals surface area contributed by atoms with Crippen molar-refractivity contribution in [2.45, 2.75) is 25.2 Å². The third kappa shape index (κ3) is 1.92. The zero-order chi connectivity index (χ0) is 12.5. The lowest BCUT2D eigenvalue weighted by molar-refractivity contribution is -0.130. The number of Topliss-reactive ketones (excluding diaryl/α,β-unsaturated/α-hetero) is 2. The summed E-state index contributed by atoms with van der Waals surface area (Å²) in [5.41, 5.74) is 1.93. The monoisotopic (exact) mass is 239 g/mol. The lowest BCUT2D eigenvalue weighted by Gasteiger charge is -2.21. The summed E-state index contributed by atoms with van der Waals surface area (Å²) in [6.07, 6.45) is 2.77. The van der Waals surface area contributed by atoms with Crippen LogP contribution in [-0.4, -0.2) is 16.6 Å². The third-order valence-electron chi connectivity index (χ3n) is 3.45. The van der Waals surface area contributed by atoms with Gasteiger partial charge in [-0.05, 0) is 17.5 Å². The normalized spacial score (nSPS) is 17.3. The number of para-hydroxylation sites is 1. The topological polar surface area (TPSA) is 47.0 Å². The molecule has 1 heterocycles. The highest BCUT2D eigenvalue weighted by Crippen LogP contribution is 2.32. The Morgan fingerprint density at radius 1 is 1.00 bits per heavy atom. The molecule has 0 saturated heterocycles. The molecule has 1 aliphatic rings. The van der Waals surface area contributed by atoms with E-state index in [2.05, 4.69) is 4.98 Å². The molecular formula is C15H13NO2. The van der Waals surface area contributed by atoms with Crippen molar-refractivity contribution in [1.82, 2.24) is 4.98 Å². The first-order valence-corrected chi connectivity index (χ1v) is 6.11. The first-order chi connectivity index (χ1) is 8.74. The van der Waals surface area contributed by atoms with Gasteiger partial charge in [0.15, 0.2) is 0 Å². The highest BCUT2D eigenvalue weighted by molar-refractivity contribution is 6.02. The van der Waals surface area contributed by atoms with E-state index in [0.717, 1.165) is 16.5 Å². The van der Waals surface area contributed by atoms with E-state index in [-0.39, 0.29) is 23.9 Å². The van der Waals surface area contributed by atoms with Crippen LogP contribution in [0.4, 0.5) is 0 Å². The van der Waals surface area contributed by atoms with E-state index >= 15 is 0 Å². The van der Waals surface area contributed by atoms with Crippen molar-refractivity contribution in [3.05, 3.63) is 42.1 Å². The molecule has 0 N–H and O–H groups in total. The second-order valence-corrected chi connectivity index (χ2v) is 4.78. The Labute approximate surface area is 105 Å². The van der Waals surface area contributed by atoms with Crippen LogP contribution in [0.1, 0.15) is 30.7 Å². The molecule has 1 saturated carbocycles. The van der Waals surface area contributed by atoms with Crippen LogP contribution in [0, 0.1) is 0 Å². The Morgan fingerprint density at radius 2 is 1.72 bits per heavy atom. The second kappa shape index (κ2) is 4.33. The van der Waals surface area contributed by atoms with Crippen molar-refractivity contribution in [3.8, 4) is 0 Å². The highest BCUT2D eigenvalue weighted by Gasteiger charge is 2.27. The summed E-state index contributed by atoms with van der Waals surface area (Å²) in [4.78, 5) is 27.5. The number of hydrogen-bond donors (Lipinski definition) is 0. The Bertz CT molecular complexity index is 612. The molecule has 2 aromatic rings. The van der Waals surface area contributed by atoms with Crippen molar-refractivity contribution in [2.75, 3.05) is 0 Å². The Morgan fingerprint density at radius 3 is 2.50 bits per heavy atom. The molecule has 1 aliphatic carbocycles. The van der Waals surface area contributed by atoms with Crippen LogP contribution in [0.5, 0.6) is 0 Å². The lowest BCUT2D eigenvalue weighted by atomic mass is 9.82.